The van der Waals surface area contributed by atoms with E-state index in [1.165, 1.54) is 17.1 Å². The first-order chi connectivity index (χ1) is 11.9. The van der Waals surface area contributed by atoms with Crippen molar-refractivity contribution in [2.45, 2.75) is 6.54 Å². The van der Waals surface area contributed by atoms with E-state index < -0.39 is 11.9 Å². The summed E-state index contributed by atoms with van der Waals surface area (Å²) >= 11 is 5.95. The van der Waals surface area contributed by atoms with Crippen molar-refractivity contribution < 1.29 is 14.7 Å². The molecule has 8 nitrogen and oxygen atoms in total. The van der Waals surface area contributed by atoms with Crippen molar-refractivity contribution in [3.8, 4) is 0 Å². The van der Waals surface area contributed by atoms with Gasteiger partial charge in [0.25, 0.3) is 5.91 Å². The summed E-state index contributed by atoms with van der Waals surface area (Å²) in [7, 11) is 1.55. The summed E-state index contributed by atoms with van der Waals surface area (Å²) in [5, 5.41) is 20.4. The number of aryl methyl sites for hydroxylation is 1. The number of nitrogens with zero attached hydrogens (tertiary/aromatic N) is 4. The molecule has 3 rings (SSSR count). The number of rotatable bonds is 5. The van der Waals surface area contributed by atoms with E-state index in [1.807, 2.05) is 18.2 Å². The molecule has 0 atom stereocenters. The Morgan fingerprint density at radius 2 is 2.12 bits per heavy atom. The van der Waals surface area contributed by atoms with Gasteiger partial charge in [-0.2, -0.15) is 10.2 Å². The number of carboxylic acid groups (broad SMARTS) is 1. The fraction of sp³-hybridized carbons (Fsp3) is 0.125. The molecule has 0 aliphatic rings. The van der Waals surface area contributed by atoms with E-state index in [4.69, 9.17) is 16.7 Å². The minimum Gasteiger partial charge on any atom is -0.478 e. The lowest BCUT2D eigenvalue weighted by atomic mass is 10.2. The Hall–Kier alpha value is -3.13. The van der Waals surface area contributed by atoms with Crippen LogP contribution < -0.4 is 5.32 Å². The van der Waals surface area contributed by atoms with Crippen LogP contribution in [-0.4, -0.2) is 36.5 Å². The number of carbonyl (C=O) groups is 2. The van der Waals surface area contributed by atoms with Crippen LogP contribution in [0.15, 0.2) is 42.9 Å². The fourth-order valence-corrected chi connectivity index (χ4v) is 2.55. The lowest BCUT2D eigenvalue weighted by Gasteiger charge is -2.02. The van der Waals surface area contributed by atoms with Gasteiger partial charge in [0.1, 0.15) is 5.56 Å². The Kier molecular flexibility index (Phi) is 4.53. The highest BCUT2D eigenvalue weighted by atomic mass is 35.5. The monoisotopic (exact) mass is 359 g/mol. The molecule has 2 N–H and O–H groups in total. The van der Waals surface area contributed by atoms with Crippen molar-refractivity contribution in [1.82, 2.24) is 19.6 Å². The van der Waals surface area contributed by atoms with Crippen molar-refractivity contribution in [2.75, 3.05) is 5.32 Å². The number of aromatic carboxylic acids is 1. The van der Waals surface area contributed by atoms with Crippen LogP contribution in [0.1, 0.15) is 26.4 Å². The number of carboxylic acids is 1. The van der Waals surface area contributed by atoms with Gasteiger partial charge in [0, 0.05) is 24.5 Å². The minimum atomic E-state index is -1.21. The normalized spacial score (nSPS) is 10.6. The van der Waals surface area contributed by atoms with Crippen LogP contribution in [0.5, 0.6) is 0 Å². The van der Waals surface area contributed by atoms with Crippen LogP contribution in [0.4, 0.5) is 5.69 Å². The third-order valence-electron chi connectivity index (χ3n) is 3.40. The van der Waals surface area contributed by atoms with E-state index in [9.17, 15) is 9.59 Å². The average molecular weight is 360 g/mol. The molecule has 9 heteroatoms. The van der Waals surface area contributed by atoms with Gasteiger partial charge in [-0.1, -0.05) is 23.7 Å². The van der Waals surface area contributed by atoms with Gasteiger partial charge in [-0.15, -0.1) is 0 Å². The van der Waals surface area contributed by atoms with E-state index in [0.29, 0.717) is 17.3 Å². The van der Waals surface area contributed by atoms with Crippen LogP contribution in [0.3, 0.4) is 0 Å². The van der Waals surface area contributed by atoms with E-state index >= 15 is 0 Å². The molecule has 0 aliphatic carbocycles. The number of amides is 1. The molecule has 0 spiro atoms. The summed E-state index contributed by atoms with van der Waals surface area (Å²) in [6.07, 6.45) is 4.40. The maximum atomic E-state index is 12.3. The predicted molar refractivity (Wildman–Crippen MR) is 90.9 cm³/mol. The van der Waals surface area contributed by atoms with E-state index in [-0.39, 0.29) is 11.3 Å². The molecule has 0 unspecified atom stereocenters. The van der Waals surface area contributed by atoms with Gasteiger partial charge in [-0.25, -0.2) is 4.79 Å². The molecular formula is C16H14ClN5O3. The molecule has 25 heavy (non-hydrogen) atoms. The first kappa shape index (κ1) is 16.7. The number of aromatic nitrogens is 4. The molecule has 0 saturated carbocycles. The Labute approximate surface area is 147 Å². The molecule has 1 amide bonds. The highest BCUT2D eigenvalue weighted by Crippen LogP contribution is 2.14. The molecule has 0 radical (unpaired) electrons. The van der Waals surface area contributed by atoms with Gasteiger partial charge in [0.05, 0.1) is 18.4 Å². The van der Waals surface area contributed by atoms with Gasteiger partial charge in [0.2, 0.25) is 0 Å². The zero-order valence-corrected chi connectivity index (χ0v) is 13.9. The standard InChI is InChI=1S/C16H14ClN5O3/c1-21-9-13(16(24)25)14(20-21)15(23)19-12-6-18-22(8-12)7-10-3-2-4-11(17)5-10/h2-6,8-9H,7H2,1H3,(H,19,23)(H,24,25). The molecule has 0 aliphatic heterocycles. The SMILES string of the molecule is Cn1cc(C(=O)O)c(C(=O)Nc2cnn(Cc3cccc(Cl)c3)c2)n1. The lowest BCUT2D eigenvalue weighted by molar-refractivity contribution is 0.0692. The van der Waals surface area contributed by atoms with Gasteiger partial charge in [-0.3, -0.25) is 14.2 Å². The highest BCUT2D eigenvalue weighted by molar-refractivity contribution is 6.30. The molecule has 0 fully saturated rings. The van der Waals surface area contributed by atoms with Crippen molar-refractivity contribution >= 4 is 29.2 Å². The number of hydrogen-bond acceptors (Lipinski definition) is 4. The Bertz CT molecular complexity index is 947. The smallest absolute Gasteiger partial charge is 0.339 e. The minimum absolute atomic E-state index is 0.155. The molecule has 3 aromatic rings. The highest BCUT2D eigenvalue weighted by Gasteiger charge is 2.21. The second-order valence-corrected chi connectivity index (χ2v) is 5.82. The second kappa shape index (κ2) is 6.78. The molecule has 128 valence electrons. The van der Waals surface area contributed by atoms with Crippen LogP contribution >= 0.6 is 11.6 Å². The zero-order valence-electron chi connectivity index (χ0n) is 13.2. The Morgan fingerprint density at radius 3 is 2.84 bits per heavy atom. The second-order valence-electron chi connectivity index (χ2n) is 5.38. The summed E-state index contributed by atoms with van der Waals surface area (Å²) < 4.78 is 2.92. The number of carbonyl (C=O) groups excluding carboxylic acids is 1. The zero-order chi connectivity index (χ0) is 18.0. The maximum Gasteiger partial charge on any atom is 0.339 e. The summed E-state index contributed by atoms with van der Waals surface area (Å²) in [4.78, 5) is 23.4. The van der Waals surface area contributed by atoms with Gasteiger partial charge in [0.15, 0.2) is 5.69 Å². The molecule has 0 bridgehead atoms. The van der Waals surface area contributed by atoms with Crippen molar-refractivity contribution in [1.29, 1.82) is 0 Å². The lowest BCUT2D eigenvalue weighted by Crippen LogP contribution is -2.16. The Morgan fingerprint density at radius 1 is 1.32 bits per heavy atom. The number of halogens is 1. The average Bonchev–Trinajstić information content (AvgIpc) is 3.14. The number of hydrogen-bond donors (Lipinski definition) is 2. The van der Waals surface area contributed by atoms with Crippen LogP contribution in [0, 0.1) is 0 Å². The number of benzene rings is 1. The first-order valence-corrected chi connectivity index (χ1v) is 7.65. The quantitative estimate of drug-likeness (QED) is 0.727. The third-order valence-corrected chi connectivity index (χ3v) is 3.63. The van der Waals surface area contributed by atoms with E-state index in [1.54, 1.807) is 24.0 Å². The molecule has 2 heterocycles. The van der Waals surface area contributed by atoms with Crippen molar-refractivity contribution in [3.05, 3.63) is 64.7 Å². The van der Waals surface area contributed by atoms with Crippen LogP contribution in [0.25, 0.3) is 0 Å². The topological polar surface area (TPSA) is 102 Å². The van der Waals surface area contributed by atoms with Gasteiger partial charge >= 0.3 is 5.97 Å². The van der Waals surface area contributed by atoms with Crippen molar-refractivity contribution in [2.24, 2.45) is 7.05 Å². The van der Waals surface area contributed by atoms with Gasteiger partial charge in [-0.05, 0) is 17.7 Å². The van der Waals surface area contributed by atoms with Gasteiger partial charge < -0.3 is 10.4 Å². The predicted octanol–water partition coefficient (Wildman–Crippen LogP) is 2.27. The maximum absolute atomic E-state index is 12.3. The molecule has 1 aromatic carbocycles. The third kappa shape index (κ3) is 3.86. The number of nitrogens with one attached hydrogen (secondary N) is 1. The summed E-state index contributed by atoms with van der Waals surface area (Å²) in [6.45, 7) is 0.487. The van der Waals surface area contributed by atoms with E-state index in [0.717, 1.165) is 5.56 Å². The van der Waals surface area contributed by atoms with Crippen LogP contribution in [0.2, 0.25) is 5.02 Å². The fourth-order valence-electron chi connectivity index (χ4n) is 2.34. The van der Waals surface area contributed by atoms with Crippen LogP contribution in [-0.2, 0) is 13.6 Å². The summed E-state index contributed by atoms with van der Waals surface area (Å²) in [5.41, 5.74) is 1.09. The largest absolute Gasteiger partial charge is 0.478 e. The Balaban J connectivity index is 1.73. The molecule has 2 aromatic heterocycles. The number of anilines is 1. The molecular weight excluding hydrogens is 346 g/mol. The van der Waals surface area contributed by atoms with Crippen molar-refractivity contribution in [3.63, 3.8) is 0 Å². The molecule has 0 saturated heterocycles. The first-order valence-electron chi connectivity index (χ1n) is 7.27. The summed E-state index contributed by atoms with van der Waals surface area (Å²) in [6, 6.07) is 7.37. The van der Waals surface area contributed by atoms with E-state index in [2.05, 4.69) is 15.5 Å². The summed E-state index contributed by atoms with van der Waals surface area (Å²) in [5.74, 6) is -1.82.